The van der Waals surface area contributed by atoms with Crippen LogP contribution in [0.5, 0.6) is 11.5 Å². The first-order valence-corrected chi connectivity index (χ1v) is 10.5. The number of anilines is 1. The Kier molecular flexibility index (Phi) is 5.90. The van der Waals surface area contributed by atoms with E-state index in [1.165, 1.54) is 6.92 Å². The maximum atomic E-state index is 12.6. The molecular weight excluding hydrogens is 380 g/mol. The van der Waals surface area contributed by atoms with Crippen molar-refractivity contribution >= 4 is 21.6 Å². The minimum atomic E-state index is -3.63. The van der Waals surface area contributed by atoms with Crippen molar-refractivity contribution in [1.82, 2.24) is 4.72 Å². The second-order valence-electron chi connectivity index (χ2n) is 6.55. The lowest BCUT2D eigenvalue weighted by atomic mass is 10.1. The molecule has 0 fully saturated rings. The maximum absolute atomic E-state index is 12.6. The summed E-state index contributed by atoms with van der Waals surface area (Å²) in [5, 5.41) is 0. The van der Waals surface area contributed by atoms with E-state index >= 15 is 0 Å². The number of methoxy groups -OCH3 is 2. The Bertz CT molecular complexity index is 988. The fourth-order valence-electron chi connectivity index (χ4n) is 3.32. The van der Waals surface area contributed by atoms with Crippen LogP contribution >= 0.6 is 0 Å². The molecule has 28 heavy (non-hydrogen) atoms. The third-order valence-corrected chi connectivity index (χ3v) is 6.25. The second kappa shape index (κ2) is 8.20. The van der Waals surface area contributed by atoms with Gasteiger partial charge in [0, 0.05) is 25.7 Å². The summed E-state index contributed by atoms with van der Waals surface area (Å²) >= 11 is 0. The average Bonchev–Trinajstić information content (AvgIpc) is 3.11. The Hall–Kier alpha value is -2.58. The topological polar surface area (TPSA) is 84.9 Å². The molecule has 1 aliphatic rings. The minimum absolute atomic E-state index is 0.0394. The zero-order valence-electron chi connectivity index (χ0n) is 16.2. The van der Waals surface area contributed by atoms with Crippen molar-refractivity contribution in [1.29, 1.82) is 0 Å². The smallest absolute Gasteiger partial charge is 0.240 e. The molecule has 3 rings (SSSR count). The van der Waals surface area contributed by atoms with Crippen LogP contribution in [-0.4, -0.2) is 41.6 Å². The molecule has 0 aliphatic carbocycles. The summed E-state index contributed by atoms with van der Waals surface area (Å²) in [6.45, 7) is 2.35. The van der Waals surface area contributed by atoms with Crippen LogP contribution in [0.4, 0.5) is 5.69 Å². The summed E-state index contributed by atoms with van der Waals surface area (Å²) in [4.78, 5) is 13.5. The van der Waals surface area contributed by atoms with Crippen molar-refractivity contribution in [3.63, 3.8) is 0 Å². The highest BCUT2D eigenvalue weighted by Gasteiger charge is 2.24. The van der Waals surface area contributed by atoms with Crippen LogP contribution in [0.15, 0.2) is 41.3 Å². The number of fused-ring (bicyclic) bond motifs is 1. The molecule has 1 N–H and O–H groups in total. The van der Waals surface area contributed by atoms with Crippen molar-refractivity contribution in [2.45, 2.75) is 24.7 Å². The normalized spacial score (nSPS) is 13.3. The molecule has 8 heteroatoms. The Labute approximate surface area is 165 Å². The third-order valence-electron chi connectivity index (χ3n) is 4.79. The van der Waals surface area contributed by atoms with Gasteiger partial charge >= 0.3 is 0 Å². The molecule has 1 heterocycles. The van der Waals surface area contributed by atoms with Gasteiger partial charge in [-0.1, -0.05) is 6.07 Å². The van der Waals surface area contributed by atoms with Crippen LogP contribution in [0.2, 0.25) is 0 Å². The van der Waals surface area contributed by atoms with Crippen molar-refractivity contribution in [3.05, 3.63) is 47.5 Å². The molecule has 1 aliphatic heterocycles. The van der Waals surface area contributed by atoms with Crippen LogP contribution in [0.3, 0.4) is 0 Å². The van der Waals surface area contributed by atoms with Crippen molar-refractivity contribution < 1.29 is 22.7 Å². The highest BCUT2D eigenvalue weighted by molar-refractivity contribution is 7.89. The van der Waals surface area contributed by atoms with E-state index in [1.807, 2.05) is 12.1 Å². The molecule has 0 aromatic heterocycles. The summed E-state index contributed by atoms with van der Waals surface area (Å²) in [5.41, 5.74) is 2.60. The first kappa shape index (κ1) is 20.2. The predicted molar refractivity (Wildman–Crippen MR) is 107 cm³/mol. The fraction of sp³-hybridized carbons (Fsp3) is 0.350. The quantitative estimate of drug-likeness (QED) is 0.764. The van der Waals surface area contributed by atoms with Gasteiger partial charge < -0.3 is 14.4 Å². The lowest BCUT2D eigenvalue weighted by molar-refractivity contribution is -0.116. The highest BCUT2D eigenvalue weighted by atomic mass is 32.2. The van der Waals surface area contributed by atoms with E-state index in [4.69, 9.17) is 9.47 Å². The van der Waals surface area contributed by atoms with E-state index in [0.29, 0.717) is 30.9 Å². The molecule has 0 saturated carbocycles. The summed E-state index contributed by atoms with van der Waals surface area (Å²) in [6, 6.07) is 10.4. The molecule has 0 saturated heterocycles. The van der Waals surface area contributed by atoms with Gasteiger partial charge in [0.1, 0.15) is 0 Å². The number of hydrogen-bond acceptors (Lipinski definition) is 5. The number of carbonyl (C=O) groups excluding carboxylic acids is 1. The van der Waals surface area contributed by atoms with Gasteiger partial charge in [0.15, 0.2) is 11.5 Å². The SMILES string of the molecule is COc1ccc(CCNS(=O)(=O)c2ccc3c(c2)CCN3C(C)=O)cc1OC. The first-order valence-electron chi connectivity index (χ1n) is 8.97. The molecule has 7 nitrogen and oxygen atoms in total. The van der Waals surface area contributed by atoms with Crippen LogP contribution in [-0.2, 0) is 27.7 Å². The number of ether oxygens (including phenoxy) is 2. The molecule has 0 unspecified atom stereocenters. The zero-order chi connectivity index (χ0) is 20.3. The highest BCUT2D eigenvalue weighted by Crippen LogP contribution is 2.30. The van der Waals surface area contributed by atoms with Gasteiger partial charge in [0.2, 0.25) is 15.9 Å². The van der Waals surface area contributed by atoms with E-state index in [0.717, 1.165) is 16.8 Å². The molecule has 0 bridgehead atoms. The van der Waals surface area contributed by atoms with Gasteiger partial charge in [-0.05, 0) is 54.3 Å². The van der Waals surface area contributed by atoms with E-state index in [-0.39, 0.29) is 17.3 Å². The Morgan fingerprint density at radius 2 is 1.86 bits per heavy atom. The molecule has 2 aromatic rings. The van der Waals surface area contributed by atoms with Gasteiger partial charge in [0.25, 0.3) is 0 Å². The molecule has 1 amide bonds. The summed E-state index contributed by atoms with van der Waals surface area (Å²) in [7, 11) is -0.499. The Balaban J connectivity index is 1.67. The lowest BCUT2D eigenvalue weighted by Crippen LogP contribution is -2.26. The first-order chi connectivity index (χ1) is 13.4. The van der Waals surface area contributed by atoms with Crippen molar-refractivity contribution in [2.24, 2.45) is 0 Å². The fourth-order valence-corrected chi connectivity index (χ4v) is 4.40. The standard InChI is InChI=1S/C20H24N2O5S/c1-14(23)22-11-9-16-13-17(5-6-18(16)22)28(24,25)21-10-8-15-4-7-19(26-2)20(12-15)27-3/h4-7,12-13,21H,8-11H2,1-3H3. The van der Waals surface area contributed by atoms with Crippen LogP contribution in [0.1, 0.15) is 18.1 Å². The number of hydrogen-bond donors (Lipinski definition) is 1. The molecule has 0 radical (unpaired) electrons. The summed E-state index contributed by atoms with van der Waals surface area (Å²) in [5.74, 6) is 1.20. The number of carbonyl (C=O) groups is 1. The second-order valence-corrected chi connectivity index (χ2v) is 8.32. The molecule has 0 atom stereocenters. The largest absolute Gasteiger partial charge is 0.493 e. The maximum Gasteiger partial charge on any atom is 0.240 e. The van der Waals surface area contributed by atoms with Gasteiger partial charge in [-0.2, -0.15) is 0 Å². The Morgan fingerprint density at radius 1 is 1.11 bits per heavy atom. The predicted octanol–water partition coefficient (Wildman–Crippen LogP) is 2.13. The molecule has 0 spiro atoms. The molecular formula is C20H24N2O5S. The van der Waals surface area contributed by atoms with E-state index < -0.39 is 10.0 Å². The Morgan fingerprint density at radius 3 is 2.54 bits per heavy atom. The summed E-state index contributed by atoms with van der Waals surface area (Å²) in [6.07, 6.45) is 1.17. The summed E-state index contributed by atoms with van der Waals surface area (Å²) < 4.78 is 38.4. The number of nitrogens with zero attached hydrogens (tertiary/aromatic N) is 1. The van der Waals surface area contributed by atoms with Gasteiger partial charge in [-0.3, -0.25) is 4.79 Å². The van der Waals surface area contributed by atoms with Crippen LogP contribution < -0.4 is 19.1 Å². The van der Waals surface area contributed by atoms with E-state index in [9.17, 15) is 13.2 Å². The minimum Gasteiger partial charge on any atom is -0.493 e. The van der Waals surface area contributed by atoms with Crippen LogP contribution in [0.25, 0.3) is 0 Å². The third kappa shape index (κ3) is 4.13. The number of nitrogens with one attached hydrogen (secondary N) is 1. The lowest BCUT2D eigenvalue weighted by Gasteiger charge is -2.15. The zero-order valence-corrected chi connectivity index (χ0v) is 17.0. The van der Waals surface area contributed by atoms with Gasteiger partial charge in [-0.25, -0.2) is 13.1 Å². The number of benzene rings is 2. The number of sulfonamides is 1. The van der Waals surface area contributed by atoms with Gasteiger partial charge in [-0.15, -0.1) is 0 Å². The van der Waals surface area contributed by atoms with Crippen LogP contribution in [0, 0.1) is 0 Å². The monoisotopic (exact) mass is 404 g/mol. The average molecular weight is 404 g/mol. The van der Waals surface area contributed by atoms with E-state index in [1.54, 1.807) is 43.4 Å². The molecule has 150 valence electrons. The molecule has 2 aromatic carbocycles. The van der Waals surface area contributed by atoms with Crippen molar-refractivity contribution in [3.8, 4) is 11.5 Å². The number of amides is 1. The van der Waals surface area contributed by atoms with Gasteiger partial charge in [0.05, 0.1) is 19.1 Å². The number of rotatable bonds is 7. The van der Waals surface area contributed by atoms with Crippen molar-refractivity contribution in [2.75, 3.05) is 32.2 Å². The van der Waals surface area contributed by atoms with E-state index in [2.05, 4.69) is 4.72 Å².